The largest absolute Gasteiger partial charge is 0.390 e. The Balaban J connectivity index is 2.58. The van der Waals surface area contributed by atoms with E-state index in [0.717, 1.165) is 12.8 Å². The average molecular weight is 196 g/mol. The lowest BCUT2D eigenvalue weighted by Gasteiger charge is -2.36. The molecule has 0 aliphatic heterocycles. The van der Waals surface area contributed by atoms with Crippen LogP contribution in [-0.2, 0) is 0 Å². The minimum atomic E-state index is -0.555. The summed E-state index contributed by atoms with van der Waals surface area (Å²) in [6.45, 7) is 7.45. The van der Waals surface area contributed by atoms with Crippen molar-refractivity contribution in [2.75, 3.05) is 0 Å². The summed E-state index contributed by atoms with van der Waals surface area (Å²) in [4.78, 5) is 0. The van der Waals surface area contributed by atoms with Crippen LogP contribution < -0.4 is 0 Å². The lowest BCUT2D eigenvalue weighted by Crippen LogP contribution is -2.38. The first-order valence-corrected chi connectivity index (χ1v) is 5.27. The van der Waals surface area contributed by atoms with Gasteiger partial charge in [0.1, 0.15) is 0 Å². The normalized spacial score (nSPS) is 37.9. The second kappa shape index (κ2) is 5.32. The molecule has 1 aliphatic rings. The van der Waals surface area contributed by atoms with Crippen LogP contribution in [0.25, 0.3) is 0 Å². The Labute approximate surface area is 86.0 Å². The van der Waals surface area contributed by atoms with E-state index in [1.807, 2.05) is 12.2 Å². The van der Waals surface area contributed by atoms with E-state index in [9.17, 15) is 10.2 Å². The summed E-state index contributed by atoms with van der Waals surface area (Å²) >= 11 is 0. The van der Waals surface area contributed by atoms with E-state index >= 15 is 0 Å². The Morgan fingerprint density at radius 2 is 1.29 bits per heavy atom. The zero-order chi connectivity index (χ0) is 10.6. The number of aliphatic hydroxyl groups excluding tert-OH is 2. The minimum Gasteiger partial charge on any atom is -0.390 e. The van der Waals surface area contributed by atoms with Crippen LogP contribution in [0.1, 0.15) is 25.7 Å². The highest BCUT2D eigenvalue weighted by Gasteiger charge is 2.33. The van der Waals surface area contributed by atoms with E-state index in [-0.39, 0.29) is 0 Å². The van der Waals surface area contributed by atoms with Crippen LogP contribution in [0.15, 0.2) is 25.3 Å². The molecule has 1 aliphatic carbocycles. The molecule has 0 aromatic carbocycles. The molecule has 4 atom stereocenters. The first-order valence-electron chi connectivity index (χ1n) is 5.27. The van der Waals surface area contributed by atoms with Gasteiger partial charge in [-0.05, 0) is 37.5 Å². The molecule has 2 nitrogen and oxygen atoms in total. The van der Waals surface area contributed by atoms with Gasteiger partial charge in [0.05, 0.1) is 12.2 Å². The lowest BCUT2D eigenvalue weighted by atomic mass is 9.73. The Morgan fingerprint density at radius 3 is 1.57 bits per heavy atom. The molecule has 1 rings (SSSR count). The second-order valence-electron chi connectivity index (χ2n) is 4.18. The summed E-state index contributed by atoms with van der Waals surface area (Å²) in [6, 6.07) is 0. The van der Waals surface area contributed by atoms with E-state index in [4.69, 9.17) is 0 Å². The maximum atomic E-state index is 9.55. The molecule has 0 spiro atoms. The third-order valence-corrected chi connectivity index (χ3v) is 3.14. The highest BCUT2D eigenvalue weighted by atomic mass is 16.3. The van der Waals surface area contributed by atoms with Gasteiger partial charge < -0.3 is 10.2 Å². The summed E-state index contributed by atoms with van der Waals surface area (Å²) in [5, 5.41) is 19.1. The molecule has 0 aromatic rings. The Bertz CT molecular complexity index is 178. The summed E-state index contributed by atoms with van der Waals surface area (Å²) in [5.41, 5.74) is 0. The Morgan fingerprint density at radius 1 is 0.929 bits per heavy atom. The standard InChI is InChI=1S/C12H20O2/c1-3-5-9-7-11(13)12(14)8-10(9)6-4-2/h3-4,9-14H,1-2,5-8H2. The minimum absolute atomic E-state index is 0.448. The third kappa shape index (κ3) is 2.69. The van der Waals surface area contributed by atoms with Crippen LogP contribution in [0.5, 0.6) is 0 Å². The molecular formula is C12H20O2. The summed E-state index contributed by atoms with van der Waals surface area (Å²) in [7, 11) is 0. The van der Waals surface area contributed by atoms with E-state index in [2.05, 4.69) is 13.2 Å². The smallest absolute Gasteiger partial charge is 0.0802 e. The van der Waals surface area contributed by atoms with E-state index < -0.39 is 12.2 Å². The first kappa shape index (κ1) is 11.5. The molecule has 0 radical (unpaired) electrons. The fourth-order valence-electron chi connectivity index (χ4n) is 2.32. The molecule has 1 saturated carbocycles. The van der Waals surface area contributed by atoms with Crippen molar-refractivity contribution in [1.82, 2.24) is 0 Å². The highest BCUT2D eigenvalue weighted by molar-refractivity contribution is 4.91. The molecule has 0 aromatic heterocycles. The van der Waals surface area contributed by atoms with Gasteiger partial charge in [0.25, 0.3) is 0 Å². The van der Waals surface area contributed by atoms with Crippen LogP contribution >= 0.6 is 0 Å². The van der Waals surface area contributed by atoms with Crippen molar-refractivity contribution in [2.24, 2.45) is 11.8 Å². The number of aliphatic hydroxyl groups is 2. The van der Waals surface area contributed by atoms with Gasteiger partial charge in [0, 0.05) is 0 Å². The van der Waals surface area contributed by atoms with Crippen LogP contribution in [0.2, 0.25) is 0 Å². The topological polar surface area (TPSA) is 40.5 Å². The van der Waals surface area contributed by atoms with Gasteiger partial charge >= 0.3 is 0 Å². The van der Waals surface area contributed by atoms with Gasteiger partial charge in [0.15, 0.2) is 0 Å². The molecule has 80 valence electrons. The molecule has 0 saturated heterocycles. The quantitative estimate of drug-likeness (QED) is 0.674. The van der Waals surface area contributed by atoms with Crippen LogP contribution in [0.4, 0.5) is 0 Å². The van der Waals surface area contributed by atoms with Gasteiger partial charge in [-0.15, -0.1) is 13.2 Å². The Hall–Kier alpha value is -0.600. The predicted octanol–water partition coefficient (Wildman–Crippen LogP) is 1.89. The maximum Gasteiger partial charge on any atom is 0.0802 e. The Kier molecular flexibility index (Phi) is 4.36. The van der Waals surface area contributed by atoms with Crippen LogP contribution in [-0.4, -0.2) is 22.4 Å². The van der Waals surface area contributed by atoms with Gasteiger partial charge in [-0.25, -0.2) is 0 Å². The van der Waals surface area contributed by atoms with Crippen molar-refractivity contribution in [3.8, 4) is 0 Å². The van der Waals surface area contributed by atoms with Gasteiger partial charge in [-0.2, -0.15) is 0 Å². The molecule has 2 N–H and O–H groups in total. The molecule has 0 heterocycles. The highest BCUT2D eigenvalue weighted by Crippen LogP contribution is 2.35. The fourth-order valence-corrected chi connectivity index (χ4v) is 2.32. The SMILES string of the molecule is C=CCC1CC(O)C(O)CC1CC=C. The molecule has 1 fully saturated rings. The van der Waals surface area contributed by atoms with E-state index in [1.165, 1.54) is 0 Å². The number of rotatable bonds is 4. The number of hydrogen-bond donors (Lipinski definition) is 2. The lowest BCUT2D eigenvalue weighted by molar-refractivity contribution is -0.0464. The molecular weight excluding hydrogens is 176 g/mol. The van der Waals surface area contributed by atoms with E-state index in [1.54, 1.807) is 0 Å². The molecule has 4 unspecified atom stereocenters. The van der Waals surface area contributed by atoms with Crippen molar-refractivity contribution >= 4 is 0 Å². The van der Waals surface area contributed by atoms with Crippen molar-refractivity contribution < 1.29 is 10.2 Å². The van der Waals surface area contributed by atoms with Crippen molar-refractivity contribution in [1.29, 1.82) is 0 Å². The first-order chi connectivity index (χ1) is 6.69. The van der Waals surface area contributed by atoms with Crippen molar-refractivity contribution in [3.63, 3.8) is 0 Å². The monoisotopic (exact) mass is 196 g/mol. The predicted molar refractivity (Wildman–Crippen MR) is 57.9 cm³/mol. The van der Waals surface area contributed by atoms with Crippen molar-refractivity contribution in [2.45, 2.75) is 37.9 Å². The van der Waals surface area contributed by atoms with Gasteiger partial charge in [0.2, 0.25) is 0 Å². The summed E-state index contributed by atoms with van der Waals surface area (Å²) in [5.74, 6) is 0.896. The van der Waals surface area contributed by atoms with Crippen molar-refractivity contribution in [3.05, 3.63) is 25.3 Å². The summed E-state index contributed by atoms with van der Waals surface area (Å²) < 4.78 is 0. The molecule has 14 heavy (non-hydrogen) atoms. The average Bonchev–Trinajstić information content (AvgIpc) is 2.14. The van der Waals surface area contributed by atoms with Gasteiger partial charge in [-0.3, -0.25) is 0 Å². The zero-order valence-electron chi connectivity index (χ0n) is 8.60. The van der Waals surface area contributed by atoms with Crippen LogP contribution in [0.3, 0.4) is 0 Å². The molecule has 0 bridgehead atoms. The molecule has 0 amide bonds. The number of hydrogen-bond acceptors (Lipinski definition) is 2. The third-order valence-electron chi connectivity index (χ3n) is 3.14. The van der Waals surface area contributed by atoms with E-state index in [0.29, 0.717) is 24.7 Å². The molecule has 2 heteroatoms. The summed E-state index contributed by atoms with van der Waals surface area (Å²) in [6.07, 6.45) is 5.89. The fraction of sp³-hybridized carbons (Fsp3) is 0.667. The maximum absolute atomic E-state index is 9.55. The zero-order valence-corrected chi connectivity index (χ0v) is 8.60. The van der Waals surface area contributed by atoms with Crippen LogP contribution in [0, 0.1) is 11.8 Å². The van der Waals surface area contributed by atoms with Gasteiger partial charge in [-0.1, -0.05) is 12.2 Å². The number of allylic oxidation sites excluding steroid dienone is 2. The second-order valence-corrected chi connectivity index (χ2v) is 4.18.